The Kier molecular flexibility index (Phi) is 9.58. The number of amides is 2. The molecule has 212 valence electrons. The van der Waals surface area contributed by atoms with Crippen molar-refractivity contribution < 1.29 is 31.9 Å². The highest BCUT2D eigenvalue weighted by Gasteiger charge is 2.33. The van der Waals surface area contributed by atoms with Crippen LogP contribution in [0.5, 0.6) is 5.75 Å². The first kappa shape index (κ1) is 29.0. The Morgan fingerprint density at radius 3 is 2.54 bits per heavy atom. The minimum absolute atomic E-state index is 0.0167. The van der Waals surface area contributed by atoms with Gasteiger partial charge in [0.25, 0.3) is 0 Å². The Bertz CT molecular complexity index is 1260. The fourth-order valence-electron chi connectivity index (χ4n) is 4.94. The van der Waals surface area contributed by atoms with Gasteiger partial charge in [-0.1, -0.05) is 30.3 Å². The molecule has 2 aromatic carbocycles. The topological polar surface area (TPSA) is 96.5 Å². The molecule has 0 radical (unpaired) electrons. The van der Waals surface area contributed by atoms with E-state index in [2.05, 4.69) is 0 Å². The predicted octanol–water partition coefficient (Wildman–Crippen LogP) is 2.10. The van der Waals surface area contributed by atoms with Gasteiger partial charge in [0.15, 0.2) is 9.84 Å². The van der Waals surface area contributed by atoms with Crippen LogP contribution in [0.1, 0.15) is 24.0 Å². The lowest BCUT2D eigenvalue weighted by Crippen LogP contribution is -2.42. The van der Waals surface area contributed by atoms with Crippen LogP contribution in [0.15, 0.2) is 48.5 Å². The van der Waals surface area contributed by atoms with Gasteiger partial charge in [-0.05, 0) is 37.2 Å². The van der Waals surface area contributed by atoms with E-state index in [0.29, 0.717) is 30.8 Å². The van der Waals surface area contributed by atoms with E-state index >= 15 is 0 Å². The fourth-order valence-corrected chi connectivity index (χ4v) is 6.74. The summed E-state index contributed by atoms with van der Waals surface area (Å²) in [7, 11) is 0.385. The molecule has 2 heterocycles. The summed E-state index contributed by atoms with van der Waals surface area (Å²) in [5.41, 5.74) is 1.31. The van der Waals surface area contributed by atoms with Crippen molar-refractivity contribution in [1.29, 1.82) is 0 Å². The summed E-state index contributed by atoms with van der Waals surface area (Å²) in [6, 6.07) is 13.7. The van der Waals surface area contributed by atoms with Gasteiger partial charge >= 0.3 is 0 Å². The van der Waals surface area contributed by atoms with Crippen molar-refractivity contribution in [2.75, 3.05) is 51.8 Å². The summed E-state index contributed by atoms with van der Waals surface area (Å²) in [5.74, 6) is 0.202. The van der Waals surface area contributed by atoms with Gasteiger partial charge < -0.3 is 24.2 Å². The normalized spacial score (nSPS) is 21.3. The summed E-state index contributed by atoms with van der Waals surface area (Å²) in [6.07, 6.45) is 0.191. The molecule has 2 atom stereocenters. The van der Waals surface area contributed by atoms with Crippen LogP contribution >= 0.6 is 0 Å². The molecule has 4 rings (SSSR count). The second-order valence-corrected chi connectivity index (χ2v) is 12.4. The summed E-state index contributed by atoms with van der Waals surface area (Å²) in [5, 5.41) is 0. The minimum Gasteiger partial charge on any atom is -0.497 e. The number of rotatable bonds is 10. The maximum Gasteiger partial charge on any atom is 0.242 e. The molecule has 39 heavy (non-hydrogen) atoms. The molecule has 0 saturated carbocycles. The zero-order valence-corrected chi connectivity index (χ0v) is 23.2. The maximum atomic E-state index is 14.2. The van der Waals surface area contributed by atoms with Gasteiger partial charge in [-0.15, -0.1) is 0 Å². The lowest BCUT2D eigenvalue weighted by Gasteiger charge is -2.26. The van der Waals surface area contributed by atoms with Gasteiger partial charge in [0.2, 0.25) is 11.8 Å². The second kappa shape index (κ2) is 12.9. The van der Waals surface area contributed by atoms with E-state index < -0.39 is 15.9 Å². The van der Waals surface area contributed by atoms with E-state index in [-0.39, 0.29) is 67.8 Å². The number of halogens is 1. The van der Waals surface area contributed by atoms with Crippen LogP contribution in [0.4, 0.5) is 4.39 Å². The molecule has 2 unspecified atom stereocenters. The van der Waals surface area contributed by atoms with Gasteiger partial charge in [-0.3, -0.25) is 9.59 Å². The number of hydrogen-bond acceptors (Lipinski definition) is 7. The monoisotopic (exact) mass is 561 g/mol. The molecule has 2 saturated heterocycles. The van der Waals surface area contributed by atoms with Crippen LogP contribution in [-0.2, 0) is 37.3 Å². The summed E-state index contributed by atoms with van der Waals surface area (Å²) < 4.78 is 49.2. The van der Waals surface area contributed by atoms with Crippen molar-refractivity contribution in [1.82, 2.24) is 14.7 Å². The molecule has 0 aromatic heterocycles. The average Bonchev–Trinajstić information content (AvgIpc) is 3.21. The van der Waals surface area contributed by atoms with Crippen LogP contribution in [-0.4, -0.2) is 98.9 Å². The lowest BCUT2D eigenvalue weighted by molar-refractivity contribution is -0.139. The third-order valence-electron chi connectivity index (χ3n) is 7.35. The Hall–Kier alpha value is -3.02. The van der Waals surface area contributed by atoms with E-state index in [1.807, 2.05) is 36.2 Å². The molecule has 2 fully saturated rings. The van der Waals surface area contributed by atoms with E-state index in [9.17, 15) is 22.4 Å². The second-order valence-electron chi connectivity index (χ2n) is 10.2. The summed E-state index contributed by atoms with van der Waals surface area (Å²) >= 11 is 0. The van der Waals surface area contributed by atoms with E-state index in [0.717, 1.165) is 5.56 Å². The van der Waals surface area contributed by atoms with Gasteiger partial charge in [0.05, 0.1) is 37.9 Å². The molecular weight excluding hydrogens is 525 g/mol. The van der Waals surface area contributed by atoms with Gasteiger partial charge in [0, 0.05) is 44.2 Å². The smallest absolute Gasteiger partial charge is 0.242 e. The standard InChI is InChI=1S/C28H36FN3O6S/c1-30(23-12-14-39(35,36)20-23)13-11-27(33)32-17-25(38-19-22-5-3-4-6-26(22)29)16-31(28(34)18-32)15-21-7-9-24(37-2)10-8-21/h3-10,23,25H,11-20H2,1-2H3. The Morgan fingerprint density at radius 2 is 1.87 bits per heavy atom. The van der Waals surface area contributed by atoms with Crippen molar-refractivity contribution in [2.24, 2.45) is 0 Å². The zero-order chi connectivity index (χ0) is 28.0. The molecule has 0 aliphatic carbocycles. The fraction of sp³-hybridized carbons (Fsp3) is 0.500. The number of sulfone groups is 1. The molecule has 2 aliphatic heterocycles. The predicted molar refractivity (Wildman–Crippen MR) is 144 cm³/mol. The van der Waals surface area contributed by atoms with Crippen molar-refractivity contribution in [3.8, 4) is 5.75 Å². The number of nitrogens with zero attached hydrogens (tertiary/aromatic N) is 3. The molecule has 9 nitrogen and oxygen atoms in total. The van der Waals surface area contributed by atoms with Gasteiger partial charge in [-0.2, -0.15) is 0 Å². The Morgan fingerprint density at radius 1 is 1.13 bits per heavy atom. The molecule has 0 bridgehead atoms. The quantitative estimate of drug-likeness (QED) is 0.438. The molecule has 2 aliphatic rings. The number of carbonyl (C=O) groups is 2. The number of ether oxygens (including phenoxy) is 2. The SMILES string of the molecule is COc1ccc(CN2CC(OCc3ccccc3F)CN(C(=O)CCN(C)C3CCS(=O)(=O)C3)CC2=O)cc1. The first-order valence-corrected chi connectivity index (χ1v) is 14.9. The van der Waals surface area contributed by atoms with Gasteiger partial charge in [-0.25, -0.2) is 12.8 Å². The third-order valence-corrected chi connectivity index (χ3v) is 9.10. The molecule has 0 spiro atoms. The molecule has 0 N–H and O–H groups in total. The number of hydrogen-bond donors (Lipinski definition) is 0. The Labute approximate surface area is 229 Å². The van der Waals surface area contributed by atoms with Crippen molar-refractivity contribution >= 4 is 21.7 Å². The van der Waals surface area contributed by atoms with Crippen LogP contribution in [0, 0.1) is 5.82 Å². The number of carbonyl (C=O) groups excluding carboxylic acids is 2. The number of benzene rings is 2. The molecule has 11 heteroatoms. The zero-order valence-electron chi connectivity index (χ0n) is 22.4. The summed E-state index contributed by atoms with van der Waals surface area (Å²) in [4.78, 5) is 31.6. The first-order chi connectivity index (χ1) is 18.6. The lowest BCUT2D eigenvalue weighted by atomic mass is 10.2. The number of methoxy groups -OCH3 is 1. The van der Waals surface area contributed by atoms with Crippen molar-refractivity contribution in [3.63, 3.8) is 0 Å². The van der Waals surface area contributed by atoms with E-state index in [1.54, 1.807) is 30.2 Å². The minimum atomic E-state index is -3.02. The van der Waals surface area contributed by atoms with Crippen molar-refractivity contribution in [3.05, 3.63) is 65.5 Å². The highest BCUT2D eigenvalue weighted by Crippen LogP contribution is 2.19. The van der Waals surface area contributed by atoms with E-state index in [4.69, 9.17) is 9.47 Å². The molecular formula is C28H36FN3O6S. The highest BCUT2D eigenvalue weighted by molar-refractivity contribution is 7.91. The van der Waals surface area contributed by atoms with Crippen LogP contribution in [0.3, 0.4) is 0 Å². The van der Waals surface area contributed by atoms with E-state index in [1.165, 1.54) is 11.0 Å². The van der Waals surface area contributed by atoms with Crippen LogP contribution in [0.25, 0.3) is 0 Å². The molecule has 2 amide bonds. The van der Waals surface area contributed by atoms with Gasteiger partial charge in [0.1, 0.15) is 11.6 Å². The first-order valence-electron chi connectivity index (χ1n) is 13.1. The third kappa shape index (κ3) is 8.00. The Balaban J connectivity index is 1.43. The molecule has 2 aromatic rings. The van der Waals surface area contributed by atoms with Crippen LogP contribution < -0.4 is 4.74 Å². The van der Waals surface area contributed by atoms with Crippen LogP contribution in [0.2, 0.25) is 0 Å². The largest absolute Gasteiger partial charge is 0.497 e. The summed E-state index contributed by atoms with van der Waals surface area (Å²) in [6.45, 7) is 1.10. The highest BCUT2D eigenvalue weighted by atomic mass is 32.2. The van der Waals surface area contributed by atoms with Crippen molar-refractivity contribution in [2.45, 2.75) is 38.1 Å². The maximum absolute atomic E-state index is 14.2. The average molecular weight is 562 g/mol.